The summed E-state index contributed by atoms with van der Waals surface area (Å²) in [6.45, 7) is 0.828. The smallest absolute Gasteiger partial charge is 0.263 e. The number of ether oxygens (including phenoxy) is 1. The number of nitrogens with zero attached hydrogens (tertiary/aromatic N) is 2. The summed E-state index contributed by atoms with van der Waals surface area (Å²) in [5.74, 6) is -0.0261. The number of thioether (sulfide) groups is 1. The van der Waals surface area contributed by atoms with E-state index in [1.165, 1.54) is 22.2 Å². The number of benzene rings is 1. The highest BCUT2D eigenvalue weighted by Crippen LogP contribution is 2.38. The number of thiophene rings is 1. The van der Waals surface area contributed by atoms with Crippen LogP contribution < -0.4 is 10.9 Å². The van der Waals surface area contributed by atoms with E-state index in [-0.39, 0.29) is 17.5 Å². The van der Waals surface area contributed by atoms with Crippen LogP contribution in [0.3, 0.4) is 0 Å². The molecule has 1 fully saturated rings. The van der Waals surface area contributed by atoms with Crippen LogP contribution in [0.1, 0.15) is 46.9 Å². The van der Waals surface area contributed by atoms with E-state index in [0.29, 0.717) is 18.3 Å². The van der Waals surface area contributed by atoms with Gasteiger partial charge in [0.2, 0.25) is 5.91 Å². The Hall–Kier alpha value is -2.16. The van der Waals surface area contributed by atoms with E-state index in [1.54, 1.807) is 23.0 Å². The van der Waals surface area contributed by atoms with Crippen molar-refractivity contribution >= 4 is 39.2 Å². The molecule has 1 amide bonds. The summed E-state index contributed by atoms with van der Waals surface area (Å²) in [6, 6.07) is 10.0. The molecule has 0 spiro atoms. The van der Waals surface area contributed by atoms with Crippen LogP contribution in [0.4, 0.5) is 0 Å². The number of aromatic nitrogens is 2. The predicted octanol–water partition coefficient (Wildman–Crippen LogP) is 4.10. The topological polar surface area (TPSA) is 73.2 Å². The van der Waals surface area contributed by atoms with E-state index >= 15 is 0 Å². The van der Waals surface area contributed by atoms with Crippen molar-refractivity contribution in [2.75, 3.05) is 13.7 Å². The summed E-state index contributed by atoms with van der Waals surface area (Å²) >= 11 is 3.01. The molecule has 1 unspecified atom stereocenters. The second-order valence-corrected chi connectivity index (χ2v) is 10.6. The molecule has 1 saturated carbocycles. The minimum Gasteiger partial charge on any atom is -0.383 e. The maximum atomic E-state index is 13.6. The molecule has 2 aliphatic carbocycles. The molecule has 0 radical (unpaired) electrons. The predicted molar refractivity (Wildman–Crippen MR) is 129 cm³/mol. The maximum Gasteiger partial charge on any atom is 0.263 e. The van der Waals surface area contributed by atoms with Crippen molar-refractivity contribution in [2.24, 2.45) is 0 Å². The Bertz CT molecular complexity index is 1180. The van der Waals surface area contributed by atoms with Gasteiger partial charge in [-0.2, -0.15) is 0 Å². The lowest BCUT2D eigenvalue weighted by Gasteiger charge is -2.19. The zero-order chi connectivity index (χ0) is 22.1. The number of amides is 1. The highest BCUT2D eigenvalue weighted by Gasteiger charge is 2.31. The van der Waals surface area contributed by atoms with Gasteiger partial charge in [0.25, 0.3) is 5.56 Å². The third-order valence-electron chi connectivity index (χ3n) is 6.05. The number of nitrogens with one attached hydrogen (secondary N) is 1. The van der Waals surface area contributed by atoms with Crippen molar-refractivity contribution in [1.82, 2.24) is 14.9 Å². The molecule has 2 heterocycles. The summed E-state index contributed by atoms with van der Waals surface area (Å²) in [4.78, 5) is 33.8. The Morgan fingerprint density at radius 2 is 2.06 bits per heavy atom. The summed E-state index contributed by atoms with van der Waals surface area (Å²) in [7, 11) is 1.63. The summed E-state index contributed by atoms with van der Waals surface area (Å²) in [5, 5.41) is 4.01. The molecule has 0 saturated heterocycles. The fraction of sp³-hybridized carbons (Fsp3) is 0.458. The molecule has 1 N–H and O–H groups in total. The van der Waals surface area contributed by atoms with E-state index in [9.17, 15) is 9.59 Å². The van der Waals surface area contributed by atoms with Gasteiger partial charge < -0.3 is 10.1 Å². The Morgan fingerprint density at radius 1 is 1.28 bits per heavy atom. The van der Waals surface area contributed by atoms with Crippen LogP contribution in [0.15, 0.2) is 40.3 Å². The third-order valence-corrected chi connectivity index (χ3v) is 8.48. The van der Waals surface area contributed by atoms with Gasteiger partial charge >= 0.3 is 0 Å². The third kappa shape index (κ3) is 4.36. The zero-order valence-electron chi connectivity index (χ0n) is 18.1. The molecular weight excluding hydrogens is 442 g/mol. The Morgan fingerprint density at radius 3 is 2.81 bits per heavy atom. The highest BCUT2D eigenvalue weighted by atomic mass is 32.2. The van der Waals surface area contributed by atoms with Crippen LogP contribution in [-0.2, 0) is 28.9 Å². The largest absolute Gasteiger partial charge is 0.383 e. The lowest BCUT2D eigenvalue weighted by molar-refractivity contribution is -0.120. The number of hydrogen-bond donors (Lipinski definition) is 1. The van der Waals surface area contributed by atoms with Crippen molar-refractivity contribution in [2.45, 2.75) is 61.5 Å². The number of aryl methyl sites for hydroxylation is 2. The number of rotatable bonds is 8. The minimum atomic E-state index is -0.468. The van der Waals surface area contributed by atoms with Gasteiger partial charge in [0.15, 0.2) is 5.16 Å². The van der Waals surface area contributed by atoms with Crippen LogP contribution in [0, 0.1) is 0 Å². The lowest BCUT2D eigenvalue weighted by atomic mass is 9.97. The average Bonchev–Trinajstić information content (AvgIpc) is 3.54. The van der Waals surface area contributed by atoms with Gasteiger partial charge in [-0.1, -0.05) is 42.1 Å². The number of fused-ring (bicyclic) bond motifs is 3. The fourth-order valence-electron chi connectivity index (χ4n) is 4.20. The molecule has 1 atom stereocenters. The Kier molecular flexibility index (Phi) is 6.35. The van der Waals surface area contributed by atoms with E-state index in [2.05, 4.69) is 5.32 Å². The molecule has 5 rings (SSSR count). The van der Waals surface area contributed by atoms with E-state index in [0.717, 1.165) is 54.3 Å². The van der Waals surface area contributed by atoms with Gasteiger partial charge in [0.05, 0.1) is 18.5 Å². The molecule has 0 aliphatic heterocycles. The molecule has 2 aliphatic rings. The van der Waals surface area contributed by atoms with E-state index in [1.807, 2.05) is 30.3 Å². The molecule has 3 aromatic rings. The highest BCUT2D eigenvalue weighted by molar-refractivity contribution is 8.00. The van der Waals surface area contributed by atoms with Gasteiger partial charge in [0.1, 0.15) is 10.1 Å². The average molecular weight is 470 g/mol. The fourth-order valence-corrected chi connectivity index (χ4v) is 6.63. The maximum absolute atomic E-state index is 13.6. The van der Waals surface area contributed by atoms with Crippen LogP contribution in [0.2, 0.25) is 0 Å². The molecule has 0 bridgehead atoms. The minimum absolute atomic E-state index is 0.0108. The monoisotopic (exact) mass is 469 g/mol. The second-order valence-electron chi connectivity index (χ2n) is 8.43. The summed E-state index contributed by atoms with van der Waals surface area (Å²) < 4.78 is 6.99. The van der Waals surface area contributed by atoms with Crippen molar-refractivity contribution in [1.29, 1.82) is 0 Å². The molecular formula is C24H27N3O3S2. The molecule has 1 aromatic carbocycles. The lowest BCUT2D eigenvalue weighted by Crippen LogP contribution is -2.31. The van der Waals surface area contributed by atoms with Crippen LogP contribution >= 0.6 is 23.1 Å². The molecule has 2 aromatic heterocycles. The first-order valence-corrected chi connectivity index (χ1v) is 12.9. The zero-order valence-corrected chi connectivity index (χ0v) is 19.8. The number of methoxy groups -OCH3 is 1. The number of carbonyl (C=O) groups is 1. The van der Waals surface area contributed by atoms with E-state index in [4.69, 9.17) is 9.72 Å². The standard InChI is InChI=1S/C24H27N3O3S2/c1-30-14-13-27-23(29)19-17-9-5-6-10-18(17)31-22(19)26-24(27)32-20(15-7-3-2-4-8-15)21(28)25-16-11-12-16/h2-4,7-8,16,20H,5-6,9-14H2,1H3,(H,25,28). The first-order valence-electron chi connectivity index (χ1n) is 11.2. The van der Waals surface area contributed by atoms with Gasteiger partial charge in [-0.05, 0) is 49.7 Å². The molecule has 8 heteroatoms. The van der Waals surface area contributed by atoms with Crippen LogP contribution in [0.25, 0.3) is 10.2 Å². The first kappa shape index (κ1) is 21.7. The molecule has 32 heavy (non-hydrogen) atoms. The van der Waals surface area contributed by atoms with E-state index < -0.39 is 5.25 Å². The summed E-state index contributed by atoms with van der Waals surface area (Å²) in [6.07, 6.45) is 6.30. The quantitative estimate of drug-likeness (QED) is 0.397. The van der Waals surface area contributed by atoms with Crippen LogP contribution in [-0.4, -0.2) is 35.2 Å². The number of carbonyl (C=O) groups excluding carboxylic acids is 1. The van der Waals surface area contributed by atoms with Crippen molar-refractivity contribution in [3.05, 3.63) is 56.7 Å². The Balaban J connectivity index is 1.58. The molecule has 6 nitrogen and oxygen atoms in total. The van der Waals surface area contributed by atoms with Crippen LogP contribution in [0.5, 0.6) is 0 Å². The second kappa shape index (κ2) is 9.37. The first-order chi connectivity index (χ1) is 15.7. The Labute approximate surface area is 195 Å². The SMILES string of the molecule is COCCn1c(SC(C(=O)NC2CC2)c2ccccc2)nc2sc3c(c2c1=O)CCCC3. The van der Waals surface area contributed by atoms with Gasteiger partial charge in [-0.25, -0.2) is 4.98 Å². The molecule has 168 valence electrons. The van der Waals surface area contributed by atoms with Crippen molar-refractivity contribution < 1.29 is 9.53 Å². The number of hydrogen-bond acceptors (Lipinski definition) is 6. The summed E-state index contributed by atoms with van der Waals surface area (Å²) in [5.41, 5.74) is 2.08. The van der Waals surface area contributed by atoms with Gasteiger partial charge in [-0.3, -0.25) is 14.2 Å². The van der Waals surface area contributed by atoms with Gasteiger partial charge in [-0.15, -0.1) is 11.3 Å². The normalized spacial score (nSPS) is 16.7. The van der Waals surface area contributed by atoms with Crippen molar-refractivity contribution in [3.63, 3.8) is 0 Å². The van der Waals surface area contributed by atoms with Crippen molar-refractivity contribution in [3.8, 4) is 0 Å². The van der Waals surface area contributed by atoms with Gasteiger partial charge in [0, 0.05) is 18.0 Å².